The lowest BCUT2D eigenvalue weighted by molar-refractivity contribution is -0.138. The van der Waals surface area contributed by atoms with Gasteiger partial charge in [-0.15, -0.1) is 6.58 Å². The van der Waals surface area contributed by atoms with Crippen molar-refractivity contribution in [2.45, 2.75) is 129 Å². The van der Waals surface area contributed by atoms with Gasteiger partial charge in [0.25, 0.3) is 0 Å². The molecule has 1 saturated heterocycles. The summed E-state index contributed by atoms with van der Waals surface area (Å²) in [5.41, 5.74) is 2.22. The van der Waals surface area contributed by atoms with Gasteiger partial charge in [-0.3, -0.25) is 28.0 Å². The molecule has 0 radical (unpaired) electrons. The molecule has 3 atom stereocenters. The van der Waals surface area contributed by atoms with Crippen molar-refractivity contribution in [2.24, 2.45) is 10.4 Å². The van der Waals surface area contributed by atoms with Crippen LogP contribution in [0.25, 0.3) is 0 Å². The molecule has 1 fully saturated rings. The van der Waals surface area contributed by atoms with Gasteiger partial charge >= 0.3 is 18.2 Å². The summed E-state index contributed by atoms with van der Waals surface area (Å²) in [7, 11) is 0. The van der Waals surface area contributed by atoms with Crippen LogP contribution < -0.4 is 9.47 Å². The number of alkyl halides is 3. The minimum atomic E-state index is -4.55. The molecule has 2 amide bonds. The van der Waals surface area contributed by atoms with Crippen molar-refractivity contribution < 1.29 is 51.2 Å². The first-order valence-corrected chi connectivity index (χ1v) is 47.7. The molecule has 1 N–H and O–H groups in total. The minimum absolute atomic E-state index is 0.00249. The van der Waals surface area contributed by atoms with Crippen LogP contribution in [0.5, 0.6) is 11.5 Å². The number of amides is 2. The Kier molecular flexibility index (Phi) is 42.7. The molecule has 736 valence electrons. The van der Waals surface area contributed by atoms with E-state index in [0.717, 1.165) is 70.5 Å². The molecule has 7 aromatic heterocycles. The number of hydrogen-bond acceptors (Lipinski definition) is 16. The van der Waals surface area contributed by atoms with Crippen LogP contribution in [0.15, 0.2) is 331 Å². The average Bonchev–Trinajstić information content (AvgIpc) is 1.12. The first kappa shape index (κ1) is 110. The lowest BCUT2D eigenvalue weighted by atomic mass is 9.76. The van der Waals surface area contributed by atoms with Crippen LogP contribution in [0.4, 0.5) is 28.4 Å². The number of benzene rings is 8. The van der Waals surface area contributed by atoms with Crippen molar-refractivity contribution in [1.82, 2.24) is 77.1 Å². The number of ketones is 1. The van der Waals surface area contributed by atoms with E-state index in [1.54, 1.807) is 151 Å². The highest BCUT2D eigenvalue weighted by Crippen LogP contribution is 2.45. The second-order valence-electron chi connectivity index (χ2n) is 33.1. The summed E-state index contributed by atoms with van der Waals surface area (Å²) in [5, 5.41) is 4.42. The molecule has 16 rings (SSSR count). The van der Waals surface area contributed by atoms with E-state index < -0.39 is 34.6 Å². The van der Waals surface area contributed by atoms with Crippen LogP contribution in [0.1, 0.15) is 127 Å². The van der Waals surface area contributed by atoms with Gasteiger partial charge in [-0.2, -0.15) is 13.2 Å². The Balaban J connectivity index is 0.000000171. The molecular formula is C103H107Cl9F3N17O8. The third-order valence-electron chi connectivity index (χ3n) is 21.1. The SMILES string of the molecule is C=CCOC(Cn1ccnc1)c1ccc(Cl)cc1Cl.CC(C)(C)C(=O)C(Oc1ccc(Cl)cc1)n1ccnc1.CC1(C)COC(C)(CCCc2ccc(Cl)cc2)N1C(=O)n1ccnc1.CCCN(CCOc1c(Cl)cc(Cl)cc1Cl)C(=O)n1ccnc1.CCCOC/C(=N\c1ccc(Cl)cc1C(F)(F)F)n1ccnc1.Clc1ccccc1C(c1ccccc1)(c1ccccc1)n1ccnc1.c1c[nH]cn1. The van der Waals surface area contributed by atoms with Crippen molar-refractivity contribution >= 4 is 134 Å². The van der Waals surface area contributed by atoms with Crippen LogP contribution in [-0.4, -0.2) is 158 Å². The van der Waals surface area contributed by atoms with E-state index in [1.165, 1.54) is 56.6 Å². The highest BCUT2D eigenvalue weighted by atomic mass is 35.5. The van der Waals surface area contributed by atoms with Gasteiger partial charge in [-0.05, 0) is 154 Å². The molecule has 15 aromatic rings. The molecule has 1 aliphatic heterocycles. The van der Waals surface area contributed by atoms with Crippen molar-refractivity contribution in [3.8, 4) is 11.5 Å². The number of H-pyrrole nitrogens is 1. The summed E-state index contributed by atoms with van der Waals surface area (Å²) in [4.78, 5) is 76.0. The predicted octanol–water partition coefficient (Wildman–Crippen LogP) is 27.2. The summed E-state index contributed by atoms with van der Waals surface area (Å²) in [6.07, 6.45) is 35.5. The zero-order valence-corrected chi connectivity index (χ0v) is 84.8. The molecule has 140 heavy (non-hydrogen) atoms. The van der Waals surface area contributed by atoms with Crippen LogP contribution in [-0.2, 0) is 43.7 Å². The molecule has 0 saturated carbocycles. The van der Waals surface area contributed by atoms with E-state index in [2.05, 4.69) is 111 Å². The fourth-order valence-corrected chi connectivity index (χ4v) is 16.7. The highest BCUT2D eigenvalue weighted by Gasteiger charge is 2.52. The first-order valence-electron chi connectivity index (χ1n) is 44.3. The van der Waals surface area contributed by atoms with Crippen molar-refractivity contribution in [3.63, 3.8) is 0 Å². The number of nitrogens with zero attached hydrogens (tertiary/aromatic N) is 16. The molecule has 1 aliphatic rings. The molecule has 0 bridgehead atoms. The summed E-state index contributed by atoms with van der Waals surface area (Å²) >= 11 is 54.3. The van der Waals surface area contributed by atoms with Crippen LogP contribution >= 0.6 is 104 Å². The van der Waals surface area contributed by atoms with Gasteiger partial charge in [0.2, 0.25) is 6.23 Å². The number of aromatic amines is 1. The number of rotatable bonds is 29. The van der Waals surface area contributed by atoms with Gasteiger partial charge < -0.3 is 42.7 Å². The fourth-order valence-electron chi connectivity index (χ4n) is 14.5. The number of Topliss-reactive ketones (excluding diaryl/α,β-unsaturated/α-hetero) is 1. The standard InChI is InChI=1S/C22H17ClN2.C19H24ClN3O2.C15H16Cl3N3O2.C15H15ClF3N3O.C15H17ClN2O2.C14H14Cl2N2O.C3H4N2/c23-21-14-8-7-13-20(21)22(25-16-15-24-17-25,18-9-3-1-4-10-18)19-11-5-2-6-12-19;1-18(2)13-25-19(3,23(18)17(24)22-12-11-21-14-22)10-4-5-15-6-8-16(20)9-7-15;1-2-4-20(15(22)21-5-3-19-10-21)6-7-23-14-12(17)8-11(16)9-13(14)18;1-2-7-23-9-14(22-6-5-20-10-22)21-13-4-3-11(16)8-12(13)15(17,18)19;1-15(2,3)13(19)14(18-9-8-17-10-18)20-12-6-4-11(16)5-7-12;1-2-7-19-14(9-18-6-5-17-10-18)12-4-3-11(15)8-13(12)16;1-2-5-3-4-1/h1-17H;6-9,11-12,14H,4-5,10,13H2,1-3H3;3,5,8-10H,2,4,6-7H2,1H3;3-6,8,10H,2,7,9H2,1H3;4-10,14H,1-3H3;2-6,8,10,14H,1,7,9H2;1-3H,(H,4,5)/b;;;21-14+;;;. The predicted molar refractivity (Wildman–Crippen MR) is 548 cm³/mol. The van der Waals surface area contributed by atoms with E-state index in [-0.39, 0.29) is 53.4 Å². The van der Waals surface area contributed by atoms with E-state index in [4.69, 9.17) is 128 Å². The van der Waals surface area contributed by atoms with Gasteiger partial charge in [0, 0.05) is 152 Å². The minimum Gasteiger partial charge on any atom is -0.489 e. The Morgan fingerprint density at radius 2 is 1.15 bits per heavy atom. The Bertz CT molecular complexity index is 6170. The first-order chi connectivity index (χ1) is 67.2. The van der Waals surface area contributed by atoms with E-state index in [1.807, 2.05) is 144 Å². The van der Waals surface area contributed by atoms with Crippen molar-refractivity contribution in [1.29, 1.82) is 0 Å². The fraction of sp³-hybridized carbons (Fsp3) is 0.272. The van der Waals surface area contributed by atoms with Crippen molar-refractivity contribution in [3.05, 3.63) is 404 Å². The largest absolute Gasteiger partial charge is 0.489 e. The summed E-state index contributed by atoms with van der Waals surface area (Å²) < 4.78 is 78.3. The zero-order chi connectivity index (χ0) is 101. The van der Waals surface area contributed by atoms with Crippen molar-refractivity contribution in [2.75, 3.05) is 46.1 Å². The lowest BCUT2D eigenvalue weighted by Crippen LogP contribution is -2.55. The molecule has 25 nitrogen and oxygen atoms in total. The second kappa shape index (κ2) is 54.2. The number of aryl methyl sites for hydroxylation is 1. The number of halogens is 12. The number of nitrogens with one attached hydrogen (secondary N) is 1. The summed E-state index contributed by atoms with van der Waals surface area (Å²) in [5.74, 6) is 1.24. The van der Waals surface area contributed by atoms with E-state index >= 15 is 0 Å². The van der Waals surface area contributed by atoms with Crippen LogP contribution in [0.2, 0.25) is 45.2 Å². The van der Waals surface area contributed by atoms with E-state index in [9.17, 15) is 27.6 Å². The van der Waals surface area contributed by atoms with Gasteiger partial charge in [0.15, 0.2) is 11.5 Å². The van der Waals surface area contributed by atoms with Gasteiger partial charge in [0.05, 0.1) is 78.4 Å². The van der Waals surface area contributed by atoms with Gasteiger partial charge in [-0.25, -0.2) is 49.5 Å². The van der Waals surface area contributed by atoms with Crippen LogP contribution in [0.3, 0.4) is 0 Å². The molecule has 3 unspecified atom stereocenters. The molecule has 0 aliphatic carbocycles. The summed E-state index contributed by atoms with van der Waals surface area (Å²) in [6, 6.07) is 55.4. The molecule has 8 aromatic carbocycles. The Morgan fingerprint density at radius 1 is 0.579 bits per heavy atom. The topological polar surface area (TPSA) is 252 Å². The average molecular weight is 2090 g/mol. The smallest absolute Gasteiger partial charge is 0.418 e. The molecule has 37 heteroatoms. The Morgan fingerprint density at radius 3 is 1.69 bits per heavy atom. The van der Waals surface area contributed by atoms with Gasteiger partial charge in [-0.1, -0.05) is 242 Å². The number of aromatic nitrogens is 14. The molecule has 0 spiro atoms. The third kappa shape index (κ3) is 32.1. The second-order valence-corrected chi connectivity index (χ2v) is 36.9. The number of imidazole rings is 7. The van der Waals surface area contributed by atoms with Crippen LogP contribution in [0, 0.1) is 5.41 Å². The monoisotopic (exact) mass is 2080 g/mol. The number of carbonyl (C=O) groups excluding carboxylic acids is 3. The van der Waals surface area contributed by atoms with E-state index in [0.29, 0.717) is 86.9 Å². The number of carbonyl (C=O) groups is 3. The number of aliphatic imine (C=N–C) groups is 1. The number of ether oxygens (including phenoxy) is 5. The number of hydrogen-bond donors (Lipinski definition) is 1. The maximum absolute atomic E-state index is 13.1. The maximum Gasteiger partial charge on any atom is 0.418 e. The normalized spacial score (nSPS) is 13.7. The third-order valence-corrected chi connectivity index (χ3v) is 23.5. The highest BCUT2D eigenvalue weighted by molar-refractivity contribution is 6.40. The summed E-state index contributed by atoms with van der Waals surface area (Å²) in [6.45, 7) is 22.7. The Hall–Kier alpha value is -11.9. The molecular weight excluding hydrogens is 1980 g/mol. The van der Waals surface area contributed by atoms with Gasteiger partial charge in [0.1, 0.15) is 61.1 Å². The Labute approximate surface area is 857 Å². The lowest BCUT2D eigenvalue weighted by Gasteiger charge is -2.39. The zero-order valence-electron chi connectivity index (χ0n) is 78.0. The molecule has 8 heterocycles. The maximum atomic E-state index is 13.1. The quantitative estimate of drug-likeness (QED) is 0.0150.